The molecule has 0 aliphatic carbocycles. The number of nitrogens with two attached hydrogens (primary N) is 1. The molecule has 0 fully saturated rings. The van der Waals surface area contributed by atoms with Crippen LogP contribution >= 0.6 is 11.8 Å². The van der Waals surface area contributed by atoms with Crippen LogP contribution in [0.5, 0.6) is 0 Å². The Balaban J connectivity index is 3.87. The molecule has 104 valence electrons. The number of amides is 3. The largest absolute Gasteiger partial charge is 0.480 e. The lowest BCUT2D eigenvalue weighted by molar-refractivity contribution is -0.139. The maximum absolute atomic E-state index is 11.4. The van der Waals surface area contributed by atoms with Gasteiger partial charge in [0.1, 0.15) is 6.04 Å². The van der Waals surface area contributed by atoms with Crippen LogP contribution in [-0.4, -0.2) is 47.6 Å². The van der Waals surface area contributed by atoms with Gasteiger partial charge in [0.25, 0.3) is 0 Å². The van der Waals surface area contributed by atoms with Crippen LogP contribution in [0, 0.1) is 0 Å². The lowest BCUT2D eigenvalue weighted by atomic mass is 10.2. The standard InChI is InChI=1S/C10H19N3O4S/c1-18-6-4-7(9(15)16)13-10(17)12-5-2-3-8(11)14/h7H,2-6H2,1H3,(H2,11,14)(H,15,16)(H2,12,13,17)/t7-/m1/s1. The summed E-state index contributed by atoms with van der Waals surface area (Å²) in [6, 6.07) is -1.44. The van der Waals surface area contributed by atoms with E-state index in [-0.39, 0.29) is 13.0 Å². The van der Waals surface area contributed by atoms with E-state index in [4.69, 9.17) is 10.8 Å². The molecule has 0 aromatic rings. The van der Waals surface area contributed by atoms with Gasteiger partial charge < -0.3 is 21.5 Å². The second-order valence-corrected chi connectivity index (χ2v) is 4.63. The molecule has 0 spiro atoms. The number of urea groups is 1. The highest BCUT2D eigenvalue weighted by Crippen LogP contribution is 2.00. The molecule has 0 aromatic heterocycles. The van der Waals surface area contributed by atoms with E-state index in [0.717, 1.165) is 0 Å². The summed E-state index contributed by atoms with van der Waals surface area (Å²) in [6.07, 6.45) is 2.86. The Morgan fingerprint density at radius 3 is 2.56 bits per heavy atom. The summed E-state index contributed by atoms with van der Waals surface area (Å²) in [5, 5.41) is 13.7. The number of rotatable bonds is 9. The Morgan fingerprint density at radius 2 is 2.06 bits per heavy atom. The van der Waals surface area contributed by atoms with Crippen molar-refractivity contribution in [3.63, 3.8) is 0 Å². The quantitative estimate of drug-likeness (QED) is 0.433. The van der Waals surface area contributed by atoms with Gasteiger partial charge in [0.05, 0.1) is 0 Å². The predicted molar refractivity (Wildman–Crippen MR) is 69.4 cm³/mol. The Hall–Kier alpha value is -1.44. The van der Waals surface area contributed by atoms with Crippen LogP contribution in [-0.2, 0) is 9.59 Å². The summed E-state index contributed by atoms with van der Waals surface area (Å²) in [6.45, 7) is 0.281. The summed E-state index contributed by atoms with van der Waals surface area (Å²) in [4.78, 5) is 32.6. The molecule has 0 aliphatic rings. The lowest BCUT2D eigenvalue weighted by Crippen LogP contribution is -2.46. The molecule has 0 bridgehead atoms. The van der Waals surface area contributed by atoms with Crippen molar-refractivity contribution >= 4 is 29.7 Å². The van der Waals surface area contributed by atoms with Crippen LogP contribution in [0.4, 0.5) is 4.79 Å². The molecular weight excluding hydrogens is 258 g/mol. The number of nitrogens with one attached hydrogen (secondary N) is 2. The molecule has 0 aliphatic heterocycles. The van der Waals surface area contributed by atoms with Gasteiger partial charge in [0.2, 0.25) is 5.91 Å². The minimum absolute atomic E-state index is 0.190. The molecule has 5 N–H and O–H groups in total. The highest BCUT2D eigenvalue weighted by molar-refractivity contribution is 7.98. The lowest BCUT2D eigenvalue weighted by Gasteiger charge is -2.14. The average molecular weight is 277 g/mol. The highest BCUT2D eigenvalue weighted by Gasteiger charge is 2.18. The van der Waals surface area contributed by atoms with Gasteiger partial charge in [-0.3, -0.25) is 4.79 Å². The minimum atomic E-state index is -1.06. The number of hydrogen-bond acceptors (Lipinski definition) is 4. The van der Waals surface area contributed by atoms with Gasteiger partial charge >= 0.3 is 12.0 Å². The van der Waals surface area contributed by atoms with Gasteiger partial charge in [-0.2, -0.15) is 11.8 Å². The molecule has 8 heteroatoms. The third kappa shape index (κ3) is 8.68. The first-order valence-electron chi connectivity index (χ1n) is 5.51. The number of hydrogen-bond donors (Lipinski definition) is 4. The fourth-order valence-corrected chi connectivity index (χ4v) is 1.64. The van der Waals surface area contributed by atoms with E-state index in [1.165, 1.54) is 11.8 Å². The number of primary amides is 1. The molecule has 0 radical (unpaired) electrons. The van der Waals surface area contributed by atoms with E-state index in [1.54, 1.807) is 0 Å². The van der Waals surface area contributed by atoms with Crippen LogP contribution in [0.15, 0.2) is 0 Å². The summed E-state index contributed by atoms with van der Waals surface area (Å²) < 4.78 is 0. The van der Waals surface area contributed by atoms with E-state index in [0.29, 0.717) is 18.6 Å². The van der Waals surface area contributed by atoms with Gasteiger partial charge in [-0.05, 0) is 24.9 Å². The van der Waals surface area contributed by atoms with E-state index in [9.17, 15) is 14.4 Å². The third-order valence-corrected chi connectivity index (χ3v) is 2.74. The second-order valence-electron chi connectivity index (χ2n) is 3.64. The van der Waals surface area contributed by atoms with Gasteiger partial charge in [0, 0.05) is 13.0 Å². The fraction of sp³-hybridized carbons (Fsp3) is 0.700. The van der Waals surface area contributed by atoms with Crippen molar-refractivity contribution in [2.75, 3.05) is 18.6 Å². The first-order chi connectivity index (χ1) is 8.47. The molecule has 0 rings (SSSR count). The Labute approximate surface area is 110 Å². The Bertz CT molecular complexity index is 299. The number of carboxylic acid groups (broad SMARTS) is 1. The normalized spacial score (nSPS) is 11.6. The van der Waals surface area contributed by atoms with Gasteiger partial charge in [0.15, 0.2) is 0 Å². The fourth-order valence-electron chi connectivity index (χ4n) is 1.17. The predicted octanol–water partition coefficient (Wildman–Crippen LogP) is -0.243. The molecule has 0 saturated heterocycles. The van der Waals surface area contributed by atoms with Crippen molar-refractivity contribution < 1.29 is 19.5 Å². The number of thioether (sulfide) groups is 1. The monoisotopic (exact) mass is 277 g/mol. The summed E-state index contributed by atoms with van der Waals surface area (Å²) in [5.41, 5.74) is 4.94. The first kappa shape index (κ1) is 16.6. The summed E-state index contributed by atoms with van der Waals surface area (Å²) >= 11 is 1.51. The molecule has 1 atom stereocenters. The smallest absolute Gasteiger partial charge is 0.326 e. The van der Waals surface area contributed by atoms with Crippen LogP contribution in [0.25, 0.3) is 0 Å². The zero-order valence-corrected chi connectivity index (χ0v) is 11.1. The molecule has 7 nitrogen and oxygen atoms in total. The van der Waals surface area contributed by atoms with Crippen molar-refractivity contribution in [2.45, 2.75) is 25.3 Å². The SMILES string of the molecule is CSCC[C@@H](NC(=O)NCCCC(N)=O)C(=O)O. The van der Waals surface area contributed by atoms with E-state index >= 15 is 0 Å². The zero-order valence-electron chi connectivity index (χ0n) is 10.3. The third-order valence-electron chi connectivity index (χ3n) is 2.10. The summed E-state index contributed by atoms with van der Waals surface area (Å²) in [5.74, 6) is -0.837. The minimum Gasteiger partial charge on any atom is -0.480 e. The van der Waals surface area contributed by atoms with Crippen molar-refractivity contribution in [1.82, 2.24) is 10.6 Å². The Kier molecular flexibility index (Phi) is 8.81. The van der Waals surface area contributed by atoms with Crippen LogP contribution in [0.2, 0.25) is 0 Å². The van der Waals surface area contributed by atoms with Crippen LogP contribution in [0.1, 0.15) is 19.3 Å². The highest BCUT2D eigenvalue weighted by atomic mass is 32.2. The molecule has 3 amide bonds. The van der Waals surface area contributed by atoms with Gasteiger partial charge in [-0.15, -0.1) is 0 Å². The number of carboxylic acids is 1. The first-order valence-corrected chi connectivity index (χ1v) is 6.91. The molecule has 0 heterocycles. The molecule has 0 saturated carbocycles. The van der Waals surface area contributed by atoms with Crippen molar-refractivity contribution in [3.05, 3.63) is 0 Å². The maximum atomic E-state index is 11.4. The van der Waals surface area contributed by atoms with Crippen molar-refractivity contribution in [1.29, 1.82) is 0 Å². The molecule has 18 heavy (non-hydrogen) atoms. The number of aliphatic carboxylic acids is 1. The van der Waals surface area contributed by atoms with Crippen molar-refractivity contribution in [2.24, 2.45) is 5.73 Å². The zero-order chi connectivity index (χ0) is 14.0. The van der Waals surface area contributed by atoms with E-state index in [2.05, 4.69) is 10.6 Å². The van der Waals surface area contributed by atoms with Crippen LogP contribution in [0.3, 0.4) is 0 Å². The molecule has 0 aromatic carbocycles. The maximum Gasteiger partial charge on any atom is 0.326 e. The number of carbonyl (C=O) groups excluding carboxylic acids is 2. The molecule has 0 unspecified atom stereocenters. The number of carbonyl (C=O) groups is 3. The second kappa shape index (κ2) is 9.58. The van der Waals surface area contributed by atoms with Crippen LogP contribution < -0.4 is 16.4 Å². The molecular formula is C10H19N3O4S. The average Bonchev–Trinajstić information content (AvgIpc) is 2.29. The Morgan fingerprint density at radius 1 is 1.39 bits per heavy atom. The van der Waals surface area contributed by atoms with E-state index in [1.807, 2.05) is 6.26 Å². The summed E-state index contributed by atoms with van der Waals surface area (Å²) in [7, 11) is 0. The van der Waals surface area contributed by atoms with Gasteiger partial charge in [-0.1, -0.05) is 0 Å². The van der Waals surface area contributed by atoms with E-state index < -0.39 is 23.9 Å². The van der Waals surface area contributed by atoms with Gasteiger partial charge in [-0.25, -0.2) is 9.59 Å². The van der Waals surface area contributed by atoms with Crippen molar-refractivity contribution in [3.8, 4) is 0 Å². The topological polar surface area (TPSA) is 122 Å².